The number of aliphatic hydroxyl groups excluding tert-OH is 1. The summed E-state index contributed by atoms with van der Waals surface area (Å²) in [5.74, 6) is 0. The molecule has 0 aromatic heterocycles. The first-order valence-corrected chi connectivity index (χ1v) is 8.37. The van der Waals surface area contributed by atoms with E-state index in [2.05, 4.69) is 10.6 Å². The Hall–Kier alpha value is -1.66. The molecule has 1 aromatic rings. The van der Waals surface area contributed by atoms with Gasteiger partial charge in [0, 0.05) is 32.8 Å². The highest BCUT2D eigenvalue weighted by molar-refractivity contribution is 5.62. The van der Waals surface area contributed by atoms with Gasteiger partial charge in [-0.1, -0.05) is 25.3 Å². The summed E-state index contributed by atoms with van der Waals surface area (Å²) in [6.07, 6.45) is 6.87. The lowest BCUT2D eigenvalue weighted by molar-refractivity contribution is -0.384. The van der Waals surface area contributed by atoms with Crippen molar-refractivity contribution >= 4 is 11.4 Å². The smallest absolute Gasteiger partial charge is 0.292 e. The van der Waals surface area contributed by atoms with Gasteiger partial charge in [0.15, 0.2) is 0 Å². The summed E-state index contributed by atoms with van der Waals surface area (Å²) in [5.41, 5.74) is 1.73. The molecule has 128 valence electrons. The van der Waals surface area contributed by atoms with E-state index in [9.17, 15) is 15.2 Å². The van der Waals surface area contributed by atoms with Crippen LogP contribution >= 0.6 is 0 Å². The van der Waals surface area contributed by atoms with Gasteiger partial charge in [0.1, 0.15) is 5.69 Å². The molecular weight excluding hydrogens is 294 g/mol. The zero-order valence-electron chi connectivity index (χ0n) is 13.8. The molecule has 0 aliphatic heterocycles. The maximum atomic E-state index is 11.1. The zero-order valence-corrected chi connectivity index (χ0v) is 13.8. The monoisotopic (exact) mass is 321 g/mol. The zero-order chi connectivity index (χ0) is 16.7. The maximum Gasteiger partial charge on any atom is 0.292 e. The van der Waals surface area contributed by atoms with Crippen LogP contribution in [0.3, 0.4) is 0 Å². The van der Waals surface area contributed by atoms with Crippen molar-refractivity contribution < 1.29 is 10.0 Å². The number of rotatable bonds is 8. The number of benzene rings is 1. The van der Waals surface area contributed by atoms with Gasteiger partial charge in [-0.25, -0.2) is 0 Å². The number of nitro benzene ring substituents is 1. The van der Waals surface area contributed by atoms with E-state index < -0.39 is 0 Å². The number of hydrogen-bond acceptors (Lipinski definition) is 5. The number of hydrogen-bond donors (Lipinski definition) is 3. The topological polar surface area (TPSA) is 87.4 Å². The Morgan fingerprint density at radius 2 is 2.04 bits per heavy atom. The molecule has 1 aromatic carbocycles. The summed E-state index contributed by atoms with van der Waals surface area (Å²) in [6.45, 7) is 1.69. The fourth-order valence-electron chi connectivity index (χ4n) is 3.58. The summed E-state index contributed by atoms with van der Waals surface area (Å²) < 4.78 is 0. The summed E-state index contributed by atoms with van der Waals surface area (Å²) in [4.78, 5) is 10.8. The standard InChI is InChI=1S/C17H27N3O3/c1-18-15-6-5-14(11-16(15)20(22)23)12-19-13-17(9-10-21)7-3-2-4-8-17/h5-6,11,18-19,21H,2-4,7-10,12-13H2,1H3. The van der Waals surface area contributed by atoms with Crippen molar-refractivity contribution in [1.29, 1.82) is 0 Å². The summed E-state index contributed by atoms with van der Waals surface area (Å²) in [5, 5.41) is 26.7. The van der Waals surface area contributed by atoms with Gasteiger partial charge in [0.2, 0.25) is 0 Å². The van der Waals surface area contributed by atoms with Gasteiger partial charge in [-0.05, 0) is 36.3 Å². The fraction of sp³-hybridized carbons (Fsp3) is 0.647. The van der Waals surface area contributed by atoms with Crippen molar-refractivity contribution in [3.63, 3.8) is 0 Å². The van der Waals surface area contributed by atoms with Crippen LogP contribution in [0.5, 0.6) is 0 Å². The van der Waals surface area contributed by atoms with Crippen LogP contribution in [0, 0.1) is 15.5 Å². The van der Waals surface area contributed by atoms with E-state index in [1.807, 2.05) is 6.07 Å². The first kappa shape index (κ1) is 17.7. The minimum Gasteiger partial charge on any atom is -0.396 e. The Balaban J connectivity index is 1.97. The Morgan fingerprint density at radius 3 is 2.65 bits per heavy atom. The molecular formula is C17H27N3O3. The molecule has 0 bridgehead atoms. The molecule has 6 nitrogen and oxygen atoms in total. The van der Waals surface area contributed by atoms with Crippen LogP contribution in [-0.4, -0.2) is 30.2 Å². The molecule has 2 rings (SSSR count). The minimum absolute atomic E-state index is 0.106. The van der Waals surface area contributed by atoms with Gasteiger partial charge in [-0.3, -0.25) is 10.1 Å². The average molecular weight is 321 g/mol. The maximum absolute atomic E-state index is 11.1. The van der Waals surface area contributed by atoms with E-state index in [1.54, 1.807) is 19.2 Å². The van der Waals surface area contributed by atoms with Crippen LogP contribution < -0.4 is 10.6 Å². The van der Waals surface area contributed by atoms with E-state index in [-0.39, 0.29) is 22.6 Å². The van der Waals surface area contributed by atoms with E-state index in [1.165, 1.54) is 19.3 Å². The highest BCUT2D eigenvalue weighted by Gasteiger charge is 2.30. The summed E-state index contributed by atoms with van der Waals surface area (Å²) in [7, 11) is 1.68. The quantitative estimate of drug-likeness (QED) is 0.506. The largest absolute Gasteiger partial charge is 0.396 e. The van der Waals surface area contributed by atoms with Crippen molar-refractivity contribution in [2.24, 2.45) is 5.41 Å². The lowest BCUT2D eigenvalue weighted by atomic mass is 9.72. The lowest BCUT2D eigenvalue weighted by Gasteiger charge is -2.37. The van der Waals surface area contributed by atoms with Gasteiger partial charge < -0.3 is 15.7 Å². The molecule has 0 atom stereocenters. The highest BCUT2D eigenvalue weighted by Crippen LogP contribution is 2.38. The number of aliphatic hydroxyl groups is 1. The summed E-state index contributed by atoms with van der Waals surface area (Å²) in [6, 6.07) is 5.28. The molecule has 0 saturated heterocycles. The molecule has 0 amide bonds. The molecule has 1 aliphatic carbocycles. The predicted octanol–water partition coefficient (Wildman–Crippen LogP) is 3.06. The molecule has 0 radical (unpaired) electrons. The molecule has 1 aliphatic rings. The molecule has 0 unspecified atom stereocenters. The van der Waals surface area contributed by atoms with E-state index in [0.717, 1.165) is 31.4 Å². The number of nitro groups is 1. The van der Waals surface area contributed by atoms with Crippen LogP contribution in [0.4, 0.5) is 11.4 Å². The molecule has 3 N–H and O–H groups in total. The van der Waals surface area contributed by atoms with Crippen LogP contribution in [0.2, 0.25) is 0 Å². The first-order chi connectivity index (χ1) is 11.1. The van der Waals surface area contributed by atoms with Gasteiger partial charge in [-0.15, -0.1) is 0 Å². The second-order valence-electron chi connectivity index (χ2n) is 6.50. The second kappa shape index (κ2) is 8.26. The number of nitrogens with one attached hydrogen (secondary N) is 2. The lowest BCUT2D eigenvalue weighted by Crippen LogP contribution is -2.36. The van der Waals surface area contributed by atoms with Crippen LogP contribution in [0.25, 0.3) is 0 Å². The third-order valence-electron chi connectivity index (χ3n) is 4.91. The van der Waals surface area contributed by atoms with Gasteiger partial charge in [-0.2, -0.15) is 0 Å². The van der Waals surface area contributed by atoms with Gasteiger partial charge >= 0.3 is 0 Å². The highest BCUT2D eigenvalue weighted by atomic mass is 16.6. The van der Waals surface area contributed by atoms with Crippen molar-refractivity contribution in [3.8, 4) is 0 Å². The Labute approximate surface area is 137 Å². The molecule has 6 heteroatoms. The average Bonchev–Trinajstić information content (AvgIpc) is 2.56. The Kier molecular flexibility index (Phi) is 6.36. The molecule has 0 spiro atoms. The Morgan fingerprint density at radius 1 is 1.30 bits per heavy atom. The Bertz CT molecular complexity index is 522. The van der Waals surface area contributed by atoms with Crippen LogP contribution in [0.15, 0.2) is 18.2 Å². The SMILES string of the molecule is CNc1ccc(CNCC2(CCO)CCCCC2)cc1[N+](=O)[O-]. The van der Waals surface area contributed by atoms with Gasteiger partial charge in [0.05, 0.1) is 4.92 Å². The first-order valence-electron chi connectivity index (χ1n) is 8.37. The van der Waals surface area contributed by atoms with Crippen LogP contribution in [-0.2, 0) is 6.54 Å². The van der Waals surface area contributed by atoms with E-state index in [0.29, 0.717) is 12.2 Å². The third-order valence-corrected chi connectivity index (χ3v) is 4.91. The van der Waals surface area contributed by atoms with Crippen molar-refractivity contribution in [1.82, 2.24) is 5.32 Å². The van der Waals surface area contributed by atoms with Crippen molar-refractivity contribution in [2.75, 3.05) is 25.5 Å². The number of anilines is 1. The normalized spacial score (nSPS) is 17.0. The fourth-order valence-corrected chi connectivity index (χ4v) is 3.58. The number of nitrogens with zero attached hydrogens (tertiary/aromatic N) is 1. The molecule has 23 heavy (non-hydrogen) atoms. The predicted molar refractivity (Wildman–Crippen MR) is 91.6 cm³/mol. The molecule has 0 heterocycles. The minimum atomic E-state index is -0.357. The molecule has 1 saturated carbocycles. The van der Waals surface area contributed by atoms with Crippen molar-refractivity contribution in [3.05, 3.63) is 33.9 Å². The summed E-state index contributed by atoms with van der Waals surface area (Å²) >= 11 is 0. The van der Waals surface area contributed by atoms with E-state index in [4.69, 9.17) is 0 Å². The third kappa shape index (κ3) is 4.65. The van der Waals surface area contributed by atoms with Crippen molar-refractivity contribution in [2.45, 2.75) is 45.1 Å². The second-order valence-corrected chi connectivity index (χ2v) is 6.50. The van der Waals surface area contributed by atoms with Gasteiger partial charge in [0.25, 0.3) is 5.69 Å². The molecule has 1 fully saturated rings. The van der Waals surface area contributed by atoms with E-state index >= 15 is 0 Å². The van der Waals surface area contributed by atoms with Crippen LogP contribution in [0.1, 0.15) is 44.1 Å².